The molecule has 0 aromatic carbocycles. The molecule has 0 spiro atoms. The van der Waals surface area contributed by atoms with Gasteiger partial charge >= 0.3 is 34.8 Å². The van der Waals surface area contributed by atoms with Gasteiger partial charge in [0.1, 0.15) is 0 Å². The molecule has 0 saturated heterocycles. The third-order valence-corrected chi connectivity index (χ3v) is 4.66. The van der Waals surface area contributed by atoms with Crippen LogP contribution in [-0.4, -0.2) is 72.9 Å². The number of carbonyl (C=O) groups is 2. The molecule has 0 aromatic heterocycles. The molecule has 32 heavy (non-hydrogen) atoms. The summed E-state index contributed by atoms with van der Waals surface area (Å²) in [6, 6.07) is 0. The third kappa shape index (κ3) is 7.30. The summed E-state index contributed by atoms with van der Waals surface area (Å²) in [4.78, 5) is 22.3. The summed E-state index contributed by atoms with van der Waals surface area (Å²) in [6.45, 7) is 0. The Labute approximate surface area is 169 Å². The normalized spacial score (nSPS) is 16.2. The molecule has 0 fully saturated rings. The van der Waals surface area contributed by atoms with Gasteiger partial charge in [-0.3, -0.25) is 9.59 Å². The van der Waals surface area contributed by atoms with E-state index in [1.54, 1.807) is 0 Å². The Morgan fingerprint density at radius 1 is 0.625 bits per heavy atom. The molecular weight excluding hydrogens is 534 g/mol. The van der Waals surface area contributed by atoms with Crippen molar-refractivity contribution in [2.75, 3.05) is 0 Å². The van der Waals surface area contributed by atoms with Crippen LogP contribution in [0.4, 0.5) is 43.9 Å². The van der Waals surface area contributed by atoms with Gasteiger partial charge in [-0.05, 0) is 0 Å². The summed E-state index contributed by atoms with van der Waals surface area (Å²) < 4.78 is 195. The second-order valence-corrected chi connectivity index (χ2v) is 8.26. The van der Waals surface area contributed by atoms with Crippen LogP contribution in [-0.2, 0) is 39.3 Å². The molecule has 22 heteroatoms. The van der Waals surface area contributed by atoms with Crippen molar-refractivity contribution < 1.29 is 88.9 Å². The molecule has 0 N–H and O–H groups in total. The number of alkyl halides is 10. The largest absolute Gasteiger partial charge is 0.743 e. The summed E-state index contributed by atoms with van der Waals surface area (Å²) in [5.74, 6) is -5.20. The van der Waals surface area contributed by atoms with Crippen LogP contribution in [0.3, 0.4) is 0 Å². The first-order valence-electron chi connectivity index (χ1n) is 6.95. The van der Waals surface area contributed by atoms with Crippen molar-refractivity contribution >= 4 is 32.2 Å². The first-order chi connectivity index (χ1) is 13.8. The lowest BCUT2D eigenvalue weighted by molar-refractivity contribution is -0.261. The van der Waals surface area contributed by atoms with Gasteiger partial charge in [0.15, 0.2) is 20.2 Å². The summed E-state index contributed by atoms with van der Waals surface area (Å²) in [6.07, 6.45) is -26.6. The maximum atomic E-state index is 13.1. The van der Waals surface area contributed by atoms with E-state index in [-0.39, 0.29) is 0 Å². The lowest BCUT2D eigenvalue weighted by Gasteiger charge is -2.30. The molecule has 0 aliphatic rings. The van der Waals surface area contributed by atoms with Gasteiger partial charge in [0.05, 0.1) is 12.8 Å². The van der Waals surface area contributed by atoms with Crippen molar-refractivity contribution in [2.45, 2.75) is 47.9 Å². The zero-order valence-corrected chi connectivity index (χ0v) is 15.9. The van der Waals surface area contributed by atoms with Crippen LogP contribution in [0, 0.1) is 0 Å². The van der Waals surface area contributed by atoms with Crippen molar-refractivity contribution in [3.05, 3.63) is 0 Å². The zero-order valence-electron chi connectivity index (χ0n) is 14.2. The number of rotatable bonds is 9. The van der Waals surface area contributed by atoms with Gasteiger partial charge in [-0.1, -0.05) is 0 Å². The Morgan fingerprint density at radius 3 is 1.00 bits per heavy atom. The second kappa shape index (κ2) is 9.13. The van der Waals surface area contributed by atoms with Gasteiger partial charge in [-0.2, -0.15) is 43.9 Å². The molecular formula is C10H6F10O10S2-2. The Hall–Kier alpha value is -1.94. The van der Waals surface area contributed by atoms with E-state index in [4.69, 9.17) is 0 Å². The lowest BCUT2D eigenvalue weighted by Crippen LogP contribution is -2.52. The highest BCUT2D eigenvalue weighted by atomic mass is 32.2. The van der Waals surface area contributed by atoms with Crippen LogP contribution < -0.4 is 0 Å². The van der Waals surface area contributed by atoms with E-state index in [9.17, 15) is 79.4 Å². The Bertz CT molecular complexity index is 845. The SMILES string of the molecule is O=C(CCC(=O)OC(C(F)(F)F)C(F)(F)S(=O)(=O)[O-])OC(C(F)(F)F)C(F)(F)S(=O)(=O)[O-]. The molecule has 0 saturated carbocycles. The molecule has 10 nitrogen and oxygen atoms in total. The lowest BCUT2D eigenvalue weighted by atomic mass is 10.3. The fourth-order valence-corrected chi connectivity index (χ4v) is 2.39. The van der Waals surface area contributed by atoms with Crippen LogP contribution in [0.15, 0.2) is 0 Å². The highest BCUT2D eigenvalue weighted by molar-refractivity contribution is 7.87. The van der Waals surface area contributed by atoms with E-state index in [1.165, 1.54) is 0 Å². The fourth-order valence-electron chi connectivity index (χ4n) is 1.50. The smallest absolute Gasteiger partial charge is 0.432 e. The summed E-state index contributed by atoms with van der Waals surface area (Å²) >= 11 is 0. The summed E-state index contributed by atoms with van der Waals surface area (Å²) in [5, 5.41) is -12.6. The molecule has 2 unspecified atom stereocenters. The van der Waals surface area contributed by atoms with Crippen molar-refractivity contribution in [3.8, 4) is 0 Å². The first kappa shape index (κ1) is 30.1. The summed E-state index contributed by atoms with van der Waals surface area (Å²) in [5.41, 5.74) is 0. The van der Waals surface area contributed by atoms with Crippen molar-refractivity contribution in [3.63, 3.8) is 0 Å². The van der Waals surface area contributed by atoms with Crippen LogP contribution in [0.1, 0.15) is 12.8 Å². The predicted molar refractivity (Wildman–Crippen MR) is 70.4 cm³/mol. The average molecular weight is 540 g/mol. The van der Waals surface area contributed by atoms with Crippen molar-refractivity contribution in [2.24, 2.45) is 0 Å². The van der Waals surface area contributed by atoms with Gasteiger partial charge in [0, 0.05) is 0 Å². The zero-order chi connectivity index (χ0) is 26.1. The molecule has 0 aliphatic carbocycles. The Morgan fingerprint density at radius 2 is 0.844 bits per heavy atom. The maximum Gasteiger partial charge on any atom is 0.432 e. The molecule has 0 aliphatic heterocycles. The molecule has 0 rings (SSSR count). The molecule has 0 radical (unpaired) electrons. The summed E-state index contributed by atoms with van der Waals surface area (Å²) in [7, 11) is -14.2. The van der Waals surface area contributed by atoms with Crippen LogP contribution >= 0.6 is 0 Å². The number of halogens is 10. The van der Waals surface area contributed by atoms with E-state index in [0.717, 1.165) is 0 Å². The first-order valence-corrected chi connectivity index (χ1v) is 9.76. The molecule has 0 bridgehead atoms. The monoisotopic (exact) mass is 540 g/mol. The number of hydrogen-bond acceptors (Lipinski definition) is 10. The Kier molecular flexibility index (Phi) is 8.58. The van der Waals surface area contributed by atoms with Crippen LogP contribution in [0.5, 0.6) is 0 Å². The quantitative estimate of drug-likeness (QED) is 0.234. The van der Waals surface area contributed by atoms with E-state index >= 15 is 0 Å². The van der Waals surface area contributed by atoms with Crippen LogP contribution in [0.2, 0.25) is 0 Å². The number of carbonyl (C=O) groups excluding carboxylic acids is 2. The van der Waals surface area contributed by atoms with Gasteiger partial charge in [-0.25, -0.2) is 16.8 Å². The molecule has 0 amide bonds. The van der Waals surface area contributed by atoms with Gasteiger partial charge in [0.25, 0.3) is 12.2 Å². The van der Waals surface area contributed by atoms with Crippen molar-refractivity contribution in [1.82, 2.24) is 0 Å². The number of esters is 2. The minimum Gasteiger partial charge on any atom is -0.743 e. The average Bonchev–Trinajstić information content (AvgIpc) is 2.51. The van der Waals surface area contributed by atoms with Gasteiger partial charge in [-0.15, -0.1) is 0 Å². The van der Waals surface area contributed by atoms with E-state index in [2.05, 4.69) is 9.47 Å². The highest BCUT2D eigenvalue weighted by Gasteiger charge is 2.64. The number of hydrogen-bond donors (Lipinski definition) is 0. The minimum atomic E-state index is -7.09. The number of ether oxygens (including phenoxy) is 2. The molecule has 0 aromatic rings. The van der Waals surface area contributed by atoms with E-state index in [0.29, 0.717) is 0 Å². The molecule has 190 valence electrons. The third-order valence-electron chi connectivity index (χ3n) is 2.90. The topological polar surface area (TPSA) is 167 Å². The minimum absolute atomic E-state index is 1.94. The fraction of sp³-hybridized carbons (Fsp3) is 0.800. The molecule has 0 heterocycles. The highest BCUT2D eigenvalue weighted by Crippen LogP contribution is 2.39. The van der Waals surface area contributed by atoms with E-state index < -0.39 is 80.1 Å². The standard InChI is InChI=1S/C10H8F10O10S2/c11-7(12,13)5(9(17,18)31(23,24)25)29-3(21)1-2-4(22)30-6(8(14,15)16)10(19,20)32(26,27)28/h5-6H,1-2H2,(H,23,24,25)(H,26,27,28)/p-2. The maximum absolute atomic E-state index is 13.1. The van der Waals surface area contributed by atoms with Gasteiger partial charge in [0.2, 0.25) is 0 Å². The van der Waals surface area contributed by atoms with Crippen LogP contribution in [0.25, 0.3) is 0 Å². The van der Waals surface area contributed by atoms with Crippen molar-refractivity contribution in [1.29, 1.82) is 0 Å². The Balaban J connectivity index is 5.47. The predicted octanol–water partition coefficient (Wildman–Crippen LogP) is 0.991. The van der Waals surface area contributed by atoms with Gasteiger partial charge < -0.3 is 18.6 Å². The molecule has 2 atom stereocenters. The van der Waals surface area contributed by atoms with E-state index in [1.807, 2.05) is 0 Å². The second-order valence-electron chi connectivity index (χ2n) is 5.35.